The molecule has 0 fully saturated rings. The van der Waals surface area contributed by atoms with Gasteiger partial charge in [0.25, 0.3) is 0 Å². The quantitative estimate of drug-likeness (QED) is 0.238. The molecule has 0 radical (unpaired) electrons. The molecule has 0 amide bonds. The molecular formula is C36H68O3. The molecule has 3 heteroatoms. The van der Waals surface area contributed by atoms with E-state index in [1.165, 1.54) is 38.5 Å². The molecule has 3 nitrogen and oxygen atoms in total. The van der Waals surface area contributed by atoms with Crippen LogP contribution in [-0.2, 0) is 0 Å². The smallest absolute Gasteiger partial charge is 0.119 e. The predicted octanol–water partition coefficient (Wildman–Crippen LogP) is 11.4. The predicted molar refractivity (Wildman–Crippen MR) is 192 cm³/mol. The summed E-state index contributed by atoms with van der Waals surface area (Å²) in [6, 6.07) is 10.1. The van der Waals surface area contributed by atoms with E-state index in [0.717, 1.165) is 12.4 Å². The zero-order valence-corrected chi connectivity index (χ0v) is 26.2. The van der Waals surface area contributed by atoms with E-state index in [1.807, 2.05) is 30.3 Å². The Balaban J connectivity index is -0.0000000305. The van der Waals surface area contributed by atoms with Crippen molar-refractivity contribution in [3.8, 4) is 5.75 Å². The molecule has 0 spiro atoms. The zero-order valence-electron chi connectivity index (χ0n) is 26.2. The van der Waals surface area contributed by atoms with Gasteiger partial charge < -0.3 is 14.9 Å². The Morgan fingerprint density at radius 2 is 0.744 bits per heavy atom. The lowest BCUT2D eigenvalue weighted by Crippen LogP contribution is -1.96. The maximum absolute atomic E-state index is 7.62. The summed E-state index contributed by atoms with van der Waals surface area (Å²) < 4.78 is 5.61. The van der Waals surface area contributed by atoms with Crippen LogP contribution in [0.1, 0.15) is 45.4 Å². The third kappa shape index (κ3) is 175. The van der Waals surface area contributed by atoms with E-state index in [9.17, 15) is 0 Å². The van der Waals surface area contributed by atoms with Crippen molar-refractivity contribution >= 4 is 0 Å². The van der Waals surface area contributed by atoms with E-state index in [2.05, 4.69) is 139 Å². The lowest BCUT2D eigenvalue weighted by Gasteiger charge is -2.05. The van der Waals surface area contributed by atoms with Crippen LogP contribution in [0.4, 0.5) is 0 Å². The van der Waals surface area contributed by atoms with Gasteiger partial charge in [0.1, 0.15) is 5.75 Å². The average Bonchev–Trinajstić information content (AvgIpc) is 3.10. The van der Waals surface area contributed by atoms with Gasteiger partial charge in [-0.25, -0.2) is 0 Å². The number of hydrogen-bond acceptors (Lipinski definition) is 3. The van der Waals surface area contributed by atoms with E-state index in [-0.39, 0.29) is 13.2 Å². The van der Waals surface area contributed by atoms with E-state index in [0.29, 0.717) is 0 Å². The highest BCUT2D eigenvalue weighted by Gasteiger charge is 1.92. The third-order valence-corrected chi connectivity index (χ3v) is 2.61. The minimum absolute atomic E-state index is 0.125. The summed E-state index contributed by atoms with van der Waals surface area (Å²) in [5, 5.41) is 15.2. The van der Waals surface area contributed by atoms with Crippen LogP contribution in [0.3, 0.4) is 0 Å². The number of hydrogen-bond donors (Lipinski definition) is 2. The Morgan fingerprint density at radius 1 is 0.462 bits per heavy atom. The molecule has 0 saturated carbocycles. The van der Waals surface area contributed by atoms with Gasteiger partial charge in [0.05, 0.1) is 19.8 Å². The lowest BCUT2D eigenvalue weighted by atomic mass is 10.1. The lowest BCUT2D eigenvalue weighted by molar-refractivity contribution is 0.186. The average molecular weight is 549 g/mol. The molecule has 0 bridgehead atoms. The van der Waals surface area contributed by atoms with Crippen molar-refractivity contribution in [3.05, 3.63) is 162 Å². The van der Waals surface area contributed by atoms with Crippen molar-refractivity contribution in [1.82, 2.24) is 0 Å². The van der Waals surface area contributed by atoms with Gasteiger partial charge in [0.15, 0.2) is 0 Å². The highest BCUT2D eigenvalue weighted by Crippen LogP contribution is 2.10. The van der Waals surface area contributed by atoms with Crippen molar-refractivity contribution in [2.45, 2.75) is 45.4 Å². The third-order valence-electron chi connectivity index (χ3n) is 2.61. The molecule has 1 aromatic rings. The van der Waals surface area contributed by atoms with E-state index < -0.39 is 0 Å². The van der Waals surface area contributed by atoms with Crippen molar-refractivity contribution in [1.29, 1.82) is 0 Å². The van der Waals surface area contributed by atoms with Crippen molar-refractivity contribution in [2.24, 2.45) is 0 Å². The Bertz CT molecular complexity index is 360. The molecule has 39 heavy (non-hydrogen) atoms. The number of para-hydroxylation sites is 1. The van der Waals surface area contributed by atoms with Crippen molar-refractivity contribution in [2.75, 3.05) is 19.8 Å². The SMILES string of the molecule is C=C.C=C.C=C.C=C.C=C.C=C.C=C.C=C.C=C.C=C.CCCCCCCCOc1ccccc1.OCCO. The summed E-state index contributed by atoms with van der Waals surface area (Å²) in [6.45, 7) is 62.9. The number of unbranched alkanes of at least 4 members (excludes halogenated alkanes) is 5. The zero-order chi connectivity index (χ0) is 34.2. The molecule has 0 aliphatic heterocycles. The van der Waals surface area contributed by atoms with Gasteiger partial charge in [-0.2, -0.15) is 0 Å². The van der Waals surface area contributed by atoms with Gasteiger partial charge >= 0.3 is 0 Å². The van der Waals surface area contributed by atoms with Crippen LogP contribution in [-0.4, -0.2) is 30.0 Å². The summed E-state index contributed by atoms with van der Waals surface area (Å²) in [5.41, 5.74) is 0. The maximum Gasteiger partial charge on any atom is 0.119 e. The minimum atomic E-state index is -0.125. The molecule has 0 atom stereocenters. The highest BCUT2D eigenvalue weighted by molar-refractivity contribution is 5.20. The second-order valence-electron chi connectivity index (χ2n) is 4.38. The Hall–Kier alpha value is -3.66. The van der Waals surface area contributed by atoms with E-state index in [1.54, 1.807) is 0 Å². The second kappa shape index (κ2) is 186. The van der Waals surface area contributed by atoms with Crippen LogP contribution < -0.4 is 4.74 Å². The Kier molecular flexibility index (Phi) is 335. The van der Waals surface area contributed by atoms with Gasteiger partial charge in [-0.15, -0.1) is 132 Å². The number of rotatable bonds is 9. The second-order valence-corrected chi connectivity index (χ2v) is 4.38. The van der Waals surface area contributed by atoms with Crippen LogP contribution >= 0.6 is 0 Å². The first-order valence-electron chi connectivity index (χ1n) is 12.2. The van der Waals surface area contributed by atoms with Crippen LogP contribution in [0.2, 0.25) is 0 Å². The fraction of sp³-hybridized carbons (Fsp3) is 0.278. The minimum Gasteiger partial charge on any atom is -0.494 e. The molecule has 1 aromatic carbocycles. The topological polar surface area (TPSA) is 49.7 Å². The van der Waals surface area contributed by atoms with E-state index in [4.69, 9.17) is 14.9 Å². The fourth-order valence-electron chi connectivity index (χ4n) is 1.59. The number of aliphatic hydroxyl groups excluding tert-OH is 2. The van der Waals surface area contributed by atoms with Gasteiger partial charge in [0.2, 0.25) is 0 Å². The maximum atomic E-state index is 7.62. The highest BCUT2D eigenvalue weighted by atomic mass is 16.5. The van der Waals surface area contributed by atoms with Gasteiger partial charge in [-0.3, -0.25) is 0 Å². The molecule has 0 aliphatic rings. The Morgan fingerprint density at radius 3 is 1.03 bits per heavy atom. The monoisotopic (exact) mass is 549 g/mol. The summed E-state index contributed by atoms with van der Waals surface area (Å²) in [7, 11) is 0. The van der Waals surface area contributed by atoms with Crippen molar-refractivity contribution in [3.63, 3.8) is 0 Å². The standard InChI is InChI=1S/C14H22O.C2H6O2.10C2H4/c1-2-3-4-5-6-10-13-15-14-11-8-7-9-12-14;3-1-2-4;10*1-2/h7-9,11-12H,2-6,10,13H2,1H3;3-4H,1-2H2;10*1-2H2. The molecule has 230 valence electrons. The molecule has 2 N–H and O–H groups in total. The fourth-order valence-corrected chi connectivity index (χ4v) is 1.59. The Labute approximate surface area is 247 Å². The van der Waals surface area contributed by atoms with Crippen LogP contribution in [0, 0.1) is 0 Å². The number of aliphatic hydroxyl groups is 2. The molecule has 0 aromatic heterocycles. The number of ether oxygens (including phenoxy) is 1. The molecule has 1 rings (SSSR count). The summed E-state index contributed by atoms with van der Waals surface area (Å²) in [4.78, 5) is 0. The first kappa shape index (κ1) is 70.3. The van der Waals surface area contributed by atoms with Gasteiger partial charge in [-0.1, -0.05) is 57.2 Å². The molecular weight excluding hydrogens is 480 g/mol. The van der Waals surface area contributed by atoms with Crippen molar-refractivity contribution < 1.29 is 14.9 Å². The molecule has 0 aliphatic carbocycles. The van der Waals surface area contributed by atoms with Gasteiger partial charge in [-0.05, 0) is 18.6 Å². The van der Waals surface area contributed by atoms with E-state index >= 15 is 0 Å². The largest absolute Gasteiger partial charge is 0.494 e. The first-order valence-corrected chi connectivity index (χ1v) is 12.2. The molecule has 0 saturated heterocycles. The summed E-state index contributed by atoms with van der Waals surface area (Å²) in [5.74, 6) is 0.992. The molecule has 0 heterocycles. The van der Waals surface area contributed by atoms with Gasteiger partial charge in [0, 0.05) is 0 Å². The van der Waals surface area contributed by atoms with Crippen LogP contribution in [0.25, 0.3) is 0 Å². The summed E-state index contributed by atoms with van der Waals surface area (Å²) in [6.07, 6.45) is 7.90. The van der Waals surface area contributed by atoms with Crippen LogP contribution in [0.15, 0.2) is 162 Å². The first-order chi connectivity index (χ1) is 19.3. The molecule has 0 unspecified atom stereocenters. The van der Waals surface area contributed by atoms with Crippen LogP contribution in [0.5, 0.6) is 5.75 Å². The normalized spacial score (nSPS) is 5.72. The number of benzene rings is 1. The summed E-state index contributed by atoms with van der Waals surface area (Å²) >= 11 is 0.